The van der Waals surface area contributed by atoms with Gasteiger partial charge in [-0.25, -0.2) is 5.43 Å². The van der Waals surface area contributed by atoms with Gasteiger partial charge in [0, 0.05) is 18.6 Å². The summed E-state index contributed by atoms with van der Waals surface area (Å²) in [4.78, 5) is 22.0. The molecule has 0 fully saturated rings. The van der Waals surface area contributed by atoms with E-state index in [9.17, 15) is 14.9 Å². The van der Waals surface area contributed by atoms with Crippen molar-refractivity contribution in [3.05, 3.63) is 39.9 Å². The normalized spacial score (nSPS) is 11.1. The lowest BCUT2D eigenvalue weighted by molar-refractivity contribution is -0.384. The first-order valence-electron chi connectivity index (χ1n) is 12.2. The van der Waals surface area contributed by atoms with Gasteiger partial charge in [-0.15, -0.1) is 0 Å². The molecule has 6 heteroatoms. The number of carbonyl (C=O) groups excluding carboxylic acids is 1. The molecule has 0 atom stereocenters. The first kappa shape index (κ1) is 26.8. The number of hydrogen-bond acceptors (Lipinski definition) is 4. The molecule has 0 aromatic heterocycles. The molecule has 0 saturated heterocycles. The van der Waals surface area contributed by atoms with Crippen molar-refractivity contribution >= 4 is 17.8 Å². The van der Waals surface area contributed by atoms with Gasteiger partial charge in [0.1, 0.15) is 0 Å². The number of benzene rings is 1. The molecular weight excluding hydrogens is 390 g/mol. The van der Waals surface area contributed by atoms with Crippen molar-refractivity contribution in [1.82, 2.24) is 5.43 Å². The second-order valence-corrected chi connectivity index (χ2v) is 8.34. The van der Waals surface area contributed by atoms with Crippen molar-refractivity contribution in [2.45, 2.75) is 110 Å². The summed E-state index contributed by atoms with van der Waals surface area (Å²) in [5.74, 6) is -0.0899. The van der Waals surface area contributed by atoms with E-state index in [-0.39, 0.29) is 11.6 Å². The predicted octanol–water partition coefficient (Wildman–Crippen LogP) is 7.31. The van der Waals surface area contributed by atoms with Gasteiger partial charge in [-0.3, -0.25) is 14.9 Å². The predicted molar refractivity (Wildman–Crippen MR) is 128 cm³/mol. The molecule has 0 spiro atoms. The minimum atomic E-state index is -0.444. The van der Waals surface area contributed by atoms with Gasteiger partial charge in [0.05, 0.1) is 11.1 Å². The number of unbranched alkanes of at least 4 members (excludes halogenated alkanes) is 14. The Kier molecular flexibility index (Phi) is 16.0. The van der Waals surface area contributed by atoms with E-state index in [2.05, 4.69) is 17.5 Å². The van der Waals surface area contributed by atoms with Crippen LogP contribution in [0.15, 0.2) is 29.4 Å². The van der Waals surface area contributed by atoms with Crippen LogP contribution in [0.2, 0.25) is 0 Å². The summed E-state index contributed by atoms with van der Waals surface area (Å²) in [5, 5.41) is 14.5. The van der Waals surface area contributed by atoms with Gasteiger partial charge in [0.15, 0.2) is 0 Å². The van der Waals surface area contributed by atoms with Crippen LogP contribution < -0.4 is 5.43 Å². The molecule has 1 amide bonds. The molecule has 0 radical (unpaired) electrons. The van der Waals surface area contributed by atoms with Crippen LogP contribution >= 0.6 is 0 Å². The summed E-state index contributed by atoms with van der Waals surface area (Å²) in [5.41, 5.74) is 3.26. The van der Waals surface area contributed by atoms with E-state index in [4.69, 9.17) is 0 Å². The fourth-order valence-corrected chi connectivity index (χ4v) is 3.57. The largest absolute Gasteiger partial charge is 0.273 e. The van der Waals surface area contributed by atoms with Crippen LogP contribution in [0.5, 0.6) is 0 Å². The molecule has 1 aromatic rings. The summed E-state index contributed by atoms with van der Waals surface area (Å²) < 4.78 is 0. The first-order chi connectivity index (χ1) is 15.1. The quantitative estimate of drug-likeness (QED) is 0.108. The minimum absolute atomic E-state index is 0.0364. The minimum Gasteiger partial charge on any atom is -0.273 e. The number of nitro groups is 1. The van der Waals surface area contributed by atoms with Crippen LogP contribution in [-0.2, 0) is 4.79 Å². The third kappa shape index (κ3) is 15.2. The maximum absolute atomic E-state index is 11.8. The van der Waals surface area contributed by atoms with Gasteiger partial charge in [-0.2, -0.15) is 5.10 Å². The van der Waals surface area contributed by atoms with Gasteiger partial charge in [0.2, 0.25) is 5.91 Å². The average molecular weight is 432 g/mol. The molecule has 31 heavy (non-hydrogen) atoms. The summed E-state index contributed by atoms with van der Waals surface area (Å²) in [7, 11) is 0. The standard InChI is InChI=1S/C25H41N3O3/c1-2-3-4-5-6-7-8-9-10-11-12-13-14-15-16-17-25(29)27-26-22-23-18-20-24(21-19-23)28(30)31/h18-22H,2-17H2,1H3,(H,27,29)/b26-22+. The Morgan fingerprint density at radius 1 is 0.839 bits per heavy atom. The molecule has 0 heterocycles. The van der Waals surface area contributed by atoms with Gasteiger partial charge < -0.3 is 0 Å². The number of nitrogens with one attached hydrogen (secondary N) is 1. The van der Waals surface area contributed by atoms with E-state index < -0.39 is 4.92 Å². The molecule has 0 aliphatic heterocycles. The van der Waals surface area contributed by atoms with Crippen LogP contribution in [0.25, 0.3) is 0 Å². The third-order valence-corrected chi connectivity index (χ3v) is 5.51. The molecule has 0 aliphatic rings. The number of nitro benzene ring substituents is 1. The van der Waals surface area contributed by atoms with Gasteiger partial charge in [-0.1, -0.05) is 96.8 Å². The molecule has 0 aliphatic carbocycles. The highest BCUT2D eigenvalue weighted by molar-refractivity contribution is 5.82. The average Bonchev–Trinajstić information content (AvgIpc) is 2.76. The zero-order chi connectivity index (χ0) is 22.6. The second-order valence-electron chi connectivity index (χ2n) is 8.34. The van der Waals surface area contributed by atoms with Crippen LogP contribution in [0, 0.1) is 10.1 Å². The Balaban J connectivity index is 1.89. The topological polar surface area (TPSA) is 84.6 Å². The summed E-state index contributed by atoms with van der Waals surface area (Å²) in [6.07, 6.45) is 21.6. The molecule has 0 saturated carbocycles. The van der Waals surface area contributed by atoms with Crippen LogP contribution in [0.4, 0.5) is 5.69 Å². The maximum atomic E-state index is 11.8. The molecular formula is C25H41N3O3. The summed E-state index contributed by atoms with van der Waals surface area (Å²) in [6.45, 7) is 2.26. The summed E-state index contributed by atoms with van der Waals surface area (Å²) >= 11 is 0. The Morgan fingerprint density at radius 3 is 1.74 bits per heavy atom. The molecule has 0 bridgehead atoms. The number of amides is 1. The smallest absolute Gasteiger partial charge is 0.269 e. The van der Waals surface area contributed by atoms with Crippen molar-refractivity contribution in [2.75, 3.05) is 0 Å². The molecule has 1 N–H and O–H groups in total. The first-order valence-corrected chi connectivity index (χ1v) is 12.2. The van der Waals surface area contributed by atoms with E-state index in [1.807, 2.05) is 0 Å². The molecule has 6 nitrogen and oxygen atoms in total. The SMILES string of the molecule is CCCCCCCCCCCCCCCCCC(=O)N/N=C/c1ccc([N+](=O)[O-])cc1. The lowest BCUT2D eigenvalue weighted by Crippen LogP contribution is -2.16. The van der Waals surface area contributed by atoms with E-state index in [1.54, 1.807) is 12.1 Å². The number of non-ortho nitro benzene ring substituents is 1. The maximum Gasteiger partial charge on any atom is 0.269 e. The van der Waals surface area contributed by atoms with Crippen molar-refractivity contribution in [1.29, 1.82) is 0 Å². The highest BCUT2D eigenvalue weighted by Gasteiger charge is 2.03. The van der Waals surface area contributed by atoms with E-state index >= 15 is 0 Å². The number of hydrogen-bond donors (Lipinski definition) is 1. The lowest BCUT2D eigenvalue weighted by Gasteiger charge is -2.03. The number of nitrogens with zero attached hydrogens (tertiary/aromatic N) is 2. The number of hydrazone groups is 1. The fraction of sp³-hybridized carbons (Fsp3) is 0.680. The van der Waals surface area contributed by atoms with Crippen LogP contribution in [-0.4, -0.2) is 17.0 Å². The zero-order valence-corrected chi connectivity index (χ0v) is 19.3. The van der Waals surface area contributed by atoms with Crippen molar-refractivity contribution < 1.29 is 9.72 Å². The lowest BCUT2D eigenvalue weighted by atomic mass is 10.0. The van der Waals surface area contributed by atoms with Crippen molar-refractivity contribution in [2.24, 2.45) is 5.10 Å². The Hall–Kier alpha value is -2.24. The van der Waals surface area contributed by atoms with Gasteiger partial charge in [-0.05, 0) is 24.1 Å². The highest BCUT2D eigenvalue weighted by Crippen LogP contribution is 2.14. The second kappa shape index (κ2) is 18.5. The van der Waals surface area contributed by atoms with Crippen molar-refractivity contribution in [3.63, 3.8) is 0 Å². The Labute approximate surface area is 188 Å². The van der Waals surface area contributed by atoms with E-state index in [0.29, 0.717) is 12.0 Å². The summed E-state index contributed by atoms with van der Waals surface area (Å²) in [6, 6.07) is 6.03. The number of rotatable bonds is 19. The van der Waals surface area contributed by atoms with Gasteiger partial charge >= 0.3 is 0 Å². The van der Waals surface area contributed by atoms with Crippen LogP contribution in [0.1, 0.15) is 115 Å². The highest BCUT2D eigenvalue weighted by atomic mass is 16.6. The monoisotopic (exact) mass is 431 g/mol. The fourth-order valence-electron chi connectivity index (χ4n) is 3.57. The Morgan fingerprint density at radius 2 is 1.29 bits per heavy atom. The Bertz CT molecular complexity index is 629. The third-order valence-electron chi connectivity index (χ3n) is 5.51. The molecule has 174 valence electrons. The molecule has 1 rings (SSSR count). The zero-order valence-electron chi connectivity index (χ0n) is 19.3. The van der Waals surface area contributed by atoms with Crippen LogP contribution in [0.3, 0.4) is 0 Å². The van der Waals surface area contributed by atoms with Crippen molar-refractivity contribution in [3.8, 4) is 0 Å². The van der Waals surface area contributed by atoms with Gasteiger partial charge in [0.25, 0.3) is 5.69 Å². The van der Waals surface area contributed by atoms with E-state index in [1.165, 1.54) is 102 Å². The number of carbonyl (C=O) groups is 1. The van der Waals surface area contributed by atoms with E-state index in [0.717, 1.165) is 12.8 Å². The molecule has 1 aromatic carbocycles. The molecule has 0 unspecified atom stereocenters.